The molecule has 1 aromatic heterocycles. The number of hydrogen-bond donors (Lipinski definition) is 1. The molecule has 9 nitrogen and oxygen atoms in total. The van der Waals surface area contributed by atoms with E-state index in [0.717, 1.165) is 21.9 Å². The number of benzene rings is 1. The molecule has 0 saturated carbocycles. The summed E-state index contributed by atoms with van der Waals surface area (Å²) >= 11 is 1.50. The average Bonchev–Trinajstić information content (AvgIpc) is 3.47. The largest absolute Gasteiger partial charge is 0.334 e. The lowest BCUT2D eigenvalue weighted by atomic mass is 10.2. The Balaban J connectivity index is 1.34. The van der Waals surface area contributed by atoms with Crippen LogP contribution >= 0.6 is 11.3 Å². The molecule has 2 saturated heterocycles. The highest BCUT2D eigenvalue weighted by Gasteiger charge is 2.44. The predicted molar refractivity (Wildman–Crippen MR) is 114 cm³/mol. The van der Waals surface area contributed by atoms with Crippen LogP contribution in [0.5, 0.6) is 0 Å². The molecule has 6 amide bonds. The molecule has 160 valence electrons. The summed E-state index contributed by atoms with van der Waals surface area (Å²) in [5.41, 5.74) is 1.21. The maximum atomic E-state index is 12.5. The summed E-state index contributed by atoms with van der Waals surface area (Å²) in [4.78, 5) is 65.2. The summed E-state index contributed by atoms with van der Waals surface area (Å²) < 4.78 is 0. The van der Waals surface area contributed by atoms with Gasteiger partial charge in [0.05, 0.1) is 0 Å². The first kappa shape index (κ1) is 20.7. The summed E-state index contributed by atoms with van der Waals surface area (Å²) in [5, 5.41) is 4.50. The lowest BCUT2D eigenvalue weighted by molar-refractivity contribution is -0.143. The van der Waals surface area contributed by atoms with Crippen LogP contribution in [-0.2, 0) is 25.6 Å². The monoisotopic (exact) mass is 440 g/mol. The molecular formula is C21H20N4O5S. The molecule has 31 heavy (non-hydrogen) atoms. The van der Waals surface area contributed by atoms with Gasteiger partial charge < -0.3 is 10.2 Å². The second kappa shape index (κ2) is 8.68. The van der Waals surface area contributed by atoms with E-state index >= 15 is 0 Å². The zero-order valence-electron chi connectivity index (χ0n) is 16.6. The second-order valence-corrected chi connectivity index (χ2v) is 8.24. The Hall–Kier alpha value is -3.53. The number of urea groups is 1. The summed E-state index contributed by atoms with van der Waals surface area (Å²) in [6.07, 6.45) is 1.80. The van der Waals surface area contributed by atoms with E-state index in [1.807, 2.05) is 17.5 Å². The van der Waals surface area contributed by atoms with Gasteiger partial charge in [-0.3, -0.25) is 24.1 Å². The molecule has 10 heteroatoms. The fraction of sp³-hybridized carbons (Fsp3) is 0.286. The van der Waals surface area contributed by atoms with Crippen LogP contribution in [0, 0.1) is 0 Å². The Bertz CT molecular complexity index is 1030. The van der Waals surface area contributed by atoms with Crippen molar-refractivity contribution < 1.29 is 24.0 Å². The molecule has 4 rings (SSSR count). The molecule has 1 N–H and O–H groups in total. The Morgan fingerprint density at radius 1 is 1.00 bits per heavy atom. The van der Waals surface area contributed by atoms with Crippen molar-refractivity contribution >= 4 is 52.4 Å². The number of anilines is 2. The number of nitrogens with one attached hydrogen (secondary N) is 1. The average molecular weight is 440 g/mol. The van der Waals surface area contributed by atoms with E-state index in [-0.39, 0.29) is 12.5 Å². The van der Waals surface area contributed by atoms with Crippen molar-refractivity contribution in [2.24, 2.45) is 0 Å². The zero-order chi connectivity index (χ0) is 22.0. The van der Waals surface area contributed by atoms with Crippen molar-refractivity contribution in [3.63, 3.8) is 0 Å². The smallest absolute Gasteiger partial charge is 0.325 e. The molecule has 0 spiro atoms. The summed E-state index contributed by atoms with van der Waals surface area (Å²) in [7, 11) is 0. The molecule has 0 aliphatic carbocycles. The molecule has 0 atom stereocenters. The van der Waals surface area contributed by atoms with E-state index in [4.69, 9.17) is 0 Å². The first-order valence-corrected chi connectivity index (χ1v) is 10.7. The van der Waals surface area contributed by atoms with Crippen LogP contribution in [0.2, 0.25) is 0 Å². The fourth-order valence-electron chi connectivity index (χ4n) is 3.55. The Labute approximate surface area is 182 Å². The molecule has 2 aliphatic heterocycles. The summed E-state index contributed by atoms with van der Waals surface area (Å²) in [6, 6.07) is 9.69. The van der Waals surface area contributed by atoms with Crippen molar-refractivity contribution in [3.8, 4) is 0 Å². The van der Waals surface area contributed by atoms with E-state index < -0.39 is 30.3 Å². The number of hydrogen-bond acceptors (Lipinski definition) is 6. The van der Waals surface area contributed by atoms with Crippen LogP contribution in [0.1, 0.15) is 17.7 Å². The third-order valence-electron chi connectivity index (χ3n) is 5.13. The minimum absolute atomic E-state index is 0.0659. The van der Waals surface area contributed by atoms with Crippen molar-refractivity contribution in [3.05, 3.63) is 46.7 Å². The minimum atomic E-state index is -1.01. The number of carbonyl (C=O) groups is 5. The molecule has 1 aromatic carbocycles. The van der Waals surface area contributed by atoms with Gasteiger partial charge in [0.25, 0.3) is 0 Å². The van der Waals surface area contributed by atoms with Gasteiger partial charge >= 0.3 is 17.8 Å². The van der Waals surface area contributed by atoms with Gasteiger partial charge in [0.15, 0.2) is 0 Å². The van der Waals surface area contributed by atoms with Gasteiger partial charge in [-0.1, -0.05) is 6.07 Å². The van der Waals surface area contributed by atoms with Crippen molar-refractivity contribution in [2.75, 3.05) is 29.9 Å². The van der Waals surface area contributed by atoms with Crippen molar-refractivity contribution in [2.45, 2.75) is 19.3 Å². The standard InChI is InChI=1S/C21H20N4O5S/c26-17(22-14-5-7-15(8-6-14)23-10-1-4-18(23)27)13-25-20(29)19(28)24(21(25)30)11-9-16-3-2-12-31-16/h2-3,5-8,12H,1,4,9-11,13H2,(H,22,26). The number of amides is 6. The van der Waals surface area contributed by atoms with Crippen LogP contribution in [0.15, 0.2) is 41.8 Å². The number of imide groups is 2. The van der Waals surface area contributed by atoms with E-state index in [9.17, 15) is 24.0 Å². The lowest BCUT2D eigenvalue weighted by Gasteiger charge is -2.17. The van der Waals surface area contributed by atoms with E-state index in [2.05, 4.69) is 5.32 Å². The van der Waals surface area contributed by atoms with Gasteiger partial charge in [0.1, 0.15) is 6.54 Å². The Kier molecular flexibility index (Phi) is 5.81. The highest BCUT2D eigenvalue weighted by Crippen LogP contribution is 2.23. The van der Waals surface area contributed by atoms with Crippen LogP contribution in [-0.4, -0.2) is 59.1 Å². The molecule has 2 aromatic rings. The van der Waals surface area contributed by atoms with Gasteiger partial charge in [-0.05, 0) is 42.1 Å². The Morgan fingerprint density at radius 3 is 2.39 bits per heavy atom. The van der Waals surface area contributed by atoms with E-state index in [1.165, 1.54) is 11.3 Å². The van der Waals surface area contributed by atoms with Gasteiger partial charge in [-0.2, -0.15) is 0 Å². The highest BCUT2D eigenvalue weighted by atomic mass is 32.1. The minimum Gasteiger partial charge on any atom is -0.325 e. The number of carbonyl (C=O) groups excluding carboxylic acids is 5. The Morgan fingerprint density at radius 2 is 1.74 bits per heavy atom. The van der Waals surface area contributed by atoms with E-state index in [1.54, 1.807) is 29.2 Å². The molecule has 2 fully saturated rings. The third-order valence-corrected chi connectivity index (χ3v) is 6.07. The van der Waals surface area contributed by atoms with Crippen LogP contribution in [0.4, 0.5) is 16.2 Å². The van der Waals surface area contributed by atoms with Gasteiger partial charge in [-0.25, -0.2) is 9.69 Å². The highest BCUT2D eigenvalue weighted by molar-refractivity contribution is 7.09. The molecule has 2 aliphatic rings. The van der Waals surface area contributed by atoms with Gasteiger partial charge in [0, 0.05) is 42.2 Å². The predicted octanol–water partition coefficient (Wildman–Crippen LogP) is 1.85. The number of thiophene rings is 1. The second-order valence-electron chi connectivity index (χ2n) is 7.20. The third kappa shape index (κ3) is 4.33. The quantitative estimate of drug-likeness (QED) is 0.522. The van der Waals surface area contributed by atoms with E-state index in [0.29, 0.717) is 30.0 Å². The molecule has 0 unspecified atom stereocenters. The number of nitrogens with zero attached hydrogens (tertiary/aromatic N) is 3. The van der Waals surface area contributed by atoms with Crippen molar-refractivity contribution in [1.82, 2.24) is 9.80 Å². The molecule has 0 radical (unpaired) electrons. The van der Waals surface area contributed by atoms with Crippen LogP contribution < -0.4 is 10.2 Å². The topological polar surface area (TPSA) is 107 Å². The fourth-order valence-corrected chi connectivity index (χ4v) is 4.25. The maximum absolute atomic E-state index is 12.5. The van der Waals surface area contributed by atoms with Gasteiger partial charge in [0.2, 0.25) is 11.8 Å². The SMILES string of the molecule is O=C(CN1C(=O)C(=O)N(CCc2cccs2)C1=O)Nc1ccc(N2CCCC2=O)cc1. The van der Waals surface area contributed by atoms with Crippen LogP contribution in [0.25, 0.3) is 0 Å². The summed E-state index contributed by atoms with van der Waals surface area (Å²) in [6.45, 7) is 0.199. The van der Waals surface area contributed by atoms with Crippen molar-refractivity contribution in [1.29, 1.82) is 0 Å². The number of rotatable bonds is 7. The van der Waals surface area contributed by atoms with Crippen LogP contribution in [0.3, 0.4) is 0 Å². The molecule has 3 heterocycles. The first-order valence-electron chi connectivity index (χ1n) is 9.84. The van der Waals surface area contributed by atoms with Gasteiger partial charge in [-0.15, -0.1) is 11.3 Å². The normalized spacial score (nSPS) is 16.6. The lowest BCUT2D eigenvalue weighted by Crippen LogP contribution is -2.39. The summed E-state index contributed by atoms with van der Waals surface area (Å²) in [5.74, 6) is -2.46. The molecular weight excluding hydrogens is 420 g/mol. The maximum Gasteiger partial charge on any atom is 0.334 e. The zero-order valence-corrected chi connectivity index (χ0v) is 17.4. The first-order chi connectivity index (χ1) is 14.9. The molecule has 0 bridgehead atoms.